The van der Waals surface area contributed by atoms with Crippen molar-refractivity contribution in [2.75, 3.05) is 13.1 Å². The third-order valence-electron chi connectivity index (χ3n) is 3.42. The third-order valence-corrected chi connectivity index (χ3v) is 4.84. The number of benzene rings is 1. The van der Waals surface area contributed by atoms with E-state index < -0.39 is 46.4 Å². The minimum atomic E-state index is -3.99. The van der Waals surface area contributed by atoms with Gasteiger partial charge in [0.25, 0.3) is 0 Å². The Balaban J connectivity index is 2.61. The molecular formula is C17H26N2O8S. The maximum atomic E-state index is 11.9. The molecule has 0 aliphatic carbocycles. The number of aliphatic carboxylic acids is 1. The fourth-order valence-corrected chi connectivity index (χ4v) is 3.08. The molecule has 10 nitrogen and oxygen atoms in total. The first-order chi connectivity index (χ1) is 12.8. The van der Waals surface area contributed by atoms with Gasteiger partial charge in [0, 0.05) is 6.54 Å². The van der Waals surface area contributed by atoms with Gasteiger partial charge in [0.1, 0.15) is 18.2 Å². The number of ether oxygens (including phenoxy) is 1. The number of sulfonamides is 1. The zero-order valence-corrected chi connectivity index (χ0v) is 16.7. The Morgan fingerprint density at radius 1 is 1.14 bits per heavy atom. The van der Waals surface area contributed by atoms with Crippen molar-refractivity contribution < 1.29 is 38.1 Å². The quantitative estimate of drug-likeness (QED) is 0.384. The summed E-state index contributed by atoms with van der Waals surface area (Å²) in [5.41, 5.74) is -0.383. The summed E-state index contributed by atoms with van der Waals surface area (Å²) >= 11 is 0. The van der Waals surface area contributed by atoms with E-state index in [-0.39, 0.29) is 23.4 Å². The molecule has 0 fully saturated rings. The normalized spacial score (nSPS) is 14.2. The third kappa shape index (κ3) is 8.21. The standard InChI is InChI=1S/C17H26N2O8S/c1-17(2,3)27-16(24)18-9-8-13(20)15(23)11-4-6-12(7-5-11)28(25,26)19-10-14(21)22/h4-7,13,15,19-20,23H,8-10H2,1-3H3,(H,18,24)(H,21,22). The van der Waals surface area contributed by atoms with Crippen molar-refractivity contribution in [3.05, 3.63) is 29.8 Å². The summed E-state index contributed by atoms with van der Waals surface area (Å²) in [4.78, 5) is 21.8. The minimum absolute atomic E-state index is 0.0423. The van der Waals surface area contributed by atoms with Gasteiger partial charge in [-0.15, -0.1) is 0 Å². The maximum Gasteiger partial charge on any atom is 0.407 e. The summed E-state index contributed by atoms with van der Waals surface area (Å²) in [6.45, 7) is 4.46. The molecule has 28 heavy (non-hydrogen) atoms. The number of hydrogen-bond acceptors (Lipinski definition) is 7. The SMILES string of the molecule is CC(C)(C)OC(=O)NCCC(O)C(O)c1ccc(S(=O)(=O)NCC(=O)O)cc1. The molecule has 0 spiro atoms. The predicted octanol–water partition coefficient (Wildman–Crippen LogP) is 0.359. The van der Waals surface area contributed by atoms with Crippen molar-refractivity contribution in [1.82, 2.24) is 10.0 Å². The van der Waals surface area contributed by atoms with Gasteiger partial charge in [0.15, 0.2) is 0 Å². The molecule has 0 aromatic heterocycles. The van der Waals surface area contributed by atoms with E-state index in [4.69, 9.17) is 9.84 Å². The molecule has 0 aliphatic rings. The van der Waals surface area contributed by atoms with Gasteiger partial charge in [-0.3, -0.25) is 4.79 Å². The molecule has 1 rings (SSSR count). The number of hydrogen-bond donors (Lipinski definition) is 5. The van der Waals surface area contributed by atoms with Crippen molar-refractivity contribution in [3.63, 3.8) is 0 Å². The van der Waals surface area contributed by atoms with Crippen molar-refractivity contribution in [3.8, 4) is 0 Å². The van der Waals surface area contributed by atoms with Crippen LogP contribution in [-0.2, 0) is 19.6 Å². The van der Waals surface area contributed by atoms with E-state index in [0.717, 1.165) is 0 Å². The number of carbonyl (C=O) groups is 2. The van der Waals surface area contributed by atoms with E-state index in [9.17, 15) is 28.2 Å². The molecule has 0 aliphatic heterocycles. The van der Waals surface area contributed by atoms with Gasteiger partial charge < -0.3 is 25.4 Å². The van der Waals surface area contributed by atoms with Crippen LogP contribution in [0.2, 0.25) is 0 Å². The largest absolute Gasteiger partial charge is 0.480 e. The highest BCUT2D eigenvalue weighted by Crippen LogP contribution is 2.21. The van der Waals surface area contributed by atoms with E-state index in [2.05, 4.69) is 5.32 Å². The van der Waals surface area contributed by atoms with Crippen molar-refractivity contribution >= 4 is 22.1 Å². The van der Waals surface area contributed by atoms with Crippen molar-refractivity contribution in [1.29, 1.82) is 0 Å². The van der Waals surface area contributed by atoms with E-state index in [1.807, 2.05) is 4.72 Å². The first-order valence-corrected chi connectivity index (χ1v) is 9.94. The number of aliphatic hydroxyl groups is 2. The van der Waals surface area contributed by atoms with Crippen LogP contribution in [0.3, 0.4) is 0 Å². The lowest BCUT2D eigenvalue weighted by atomic mass is 10.0. The van der Waals surface area contributed by atoms with Gasteiger partial charge in [-0.25, -0.2) is 13.2 Å². The first kappa shape index (κ1) is 23.8. The van der Waals surface area contributed by atoms with Gasteiger partial charge >= 0.3 is 12.1 Å². The zero-order chi connectivity index (χ0) is 21.5. The highest BCUT2D eigenvalue weighted by atomic mass is 32.2. The van der Waals surface area contributed by atoms with Gasteiger partial charge in [-0.1, -0.05) is 12.1 Å². The average Bonchev–Trinajstić information content (AvgIpc) is 2.58. The Hall–Kier alpha value is -2.21. The molecule has 0 heterocycles. The Kier molecular flexibility index (Phi) is 8.36. The lowest BCUT2D eigenvalue weighted by Crippen LogP contribution is -2.34. The summed E-state index contributed by atoms with van der Waals surface area (Å²) in [7, 11) is -3.99. The first-order valence-electron chi connectivity index (χ1n) is 8.46. The van der Waals surface area contributed by atoms with Crippen molar-refractivity contribution in [2.24, 2.45) is 0 Å². The van der Waals surface area contributed by atoms with Crippen LogP contribution < -0.4 is 10.0 Å². The highest BCUT2D eigenvalue weighted by molar-refractivity contribution is 7.89. The molecule has 2 unspecified atom stereocenters. The van der Waals surface area contributed by atoms with Crippen LogP contribution in [0.4, 0.5) is 4.79 Å². The molecule has 5 N–H and O–H groups in total. The molecular weight excluding hydrogens is 392 g/mol. The second-order valence-corrected chi connectivity index (χ2v) is 8.78. The van der Waals surface area contributed by atoms with Gasteiger partial charge in [0.2, 0.25) is 10.0 Å². The number of carboxylic acid groups (broad SMARTS) is 1. The lowest BCUT2D eigenvalue weighted by Gasteiger charge is -2.21. The predicted molar refractivity (Wildman–Crippen MR) is 99.1 cm³/mol. The second kappa shape index (κ2) is 9.82. The number of carboxylic acids is 1. The fraction of sp³-hybridized carbons (Fsp3) is 0.529. The highest BCUT2D eigenvalue weighted by Gasteiger charge is 2.21. The average molecular weight is 418 g/mol. The molecule has 11 heteroatoms. The van der Waals surface area contributed by atoms with Crippen molar-refractivity contribution in [2.45, 2.75) is 49.9 Å². The van der Waals surface area contributed by atoms with E-state index in [1.165, 1.54) is 24.3 Å². The molecule has 2 atom stereocenters. The number of alkyl carbamates (subject to hydrolysis) is 1. The van der Waals surface area contributed by atoms with Crippen LogP contribution in [0.1, 0.15) is 38.9 Å². The van der Waals surface area contributed by atoms with E-state index in [0.29, 0.717) is 0 Å². The molecule has 1 aromatic rings. The topological polar surface area (TPSA) is 162 Å². The summed E-state index contributed by atoms with van der Waals surface area (Å²) in [5.74, 6) is -1.32. The fourth-order valence-electron chi connectivity index (χ4n) is 2.10. The zero-order valence-electron chi connectivity index (χ0n) is 15.9. The smallest absolute Gasteiger partial charge is 0.407 e. The summed E-state index contributed by atoms with van der Waals surface area (Å²) in [5, 5.41) is 31.2. The number of nitrogens with one attached hydrogen (secondary N) is 2. The Morgan fingerprint density at radius 2 is 1.71 bits per heavy atom. The van der Waals surface area contributed by atoms with Crippen LogP contribution >= 0.6 is 0 Å². The van der Waals surface area contributed by atoms with Crippen LogP contribution in [0.25, 0.3) is 0 Å². The number of aliphatic hydroxyl groups excluding tert-OH is 2. The Bertz CT molecular complexity index is 771. The molecule has 0 radical (unpaired) electrons. The van der Waals surface area contributed by atoms with Gasteiger partial charge in [-0.2, -0.15) is 4.72 Å². The molecule has 1 aromatic carbocycles. The molecule has 1 amide bonds. The Labute approximate surface area is 163 Å². The maximum absolute atomic E-state index is 11.9. The van der Waals surface area contributed by atoms with E-state index >= 15 is 0 Å². The second-order valence-electron chi connectivity index (χ2n) is 7.02. The van der Waals surface area contributed by atoms with Gasteiger partial charge in [0.05, 0.1) is 11.0 Å². The molecule has 0 saturated heterocycles. The van der Waals surface area contributed by atoms with Crippen LogP contribution in [0.5, 0.6) is 0 Å². The number of rotatable bonds is 9. The number of carbonyl (C=O) groups excluding carboxylic acids is 1. The van der Waals surface area contributed by atoms with E-state index in [1.54, 1.807) is 20.8 Å². The summed E-state index contributed by atoms with van der Waals surface area (Å²) < 4.78 is 30.8. The molecule has 158 valence electrons. The monoisotopic (exact) mass is 418 g/mol. The van der Waals surface area contributed by atoms with Crippen LogP contribution in [0.15, 0.2) is 29.2 Å². The summed E-state index contributed by atoms with van der Waals surface area (Å²) in [6, 6.07) is 5.00. The lowest BCUT2D eigenvalue weighted by molar-refractivity contribution is -0.135. The molecule has 0 saturated carbocycles. The summed E-state index contributed by atoms with van der Waals surface area (Å²) in [6.07, 6.45) is -3.11. The van der Waals surface area contributed by atoms with Crippen LogP contribution in [-0.4, -0.2) is 60.6 Å². The number of amides is 1. The van der Waals surface area contributed by atoms with Gasteiger partial charge in [-0.05, 0) is 44.9 Å². The Morgan fingerprint density at radius 3 is 2.21 bits per heavy atom. The van der Waals surface area contributed by atoms with Crippen LogP contribution in [0, 0.1) is 0 Å². The minimum Gasteiger partial charge on any atom is -0.480 e. The molecule has 0 bridgehead atoms.